The molecule has 0 aliphatic carbocycles. The number of esters is 1. The lowest BCUT2D eigenvalue weighted by Crippen LogP contribution is -2.21. The van der Waals surface area contributed by atoms with Crippen molar-refractivity contribution in [3.05, 3.63) is 67.7 Å². The molecule has 2 rings (SSSR count). The van der Waals surface area contributed by atoms with E-state index in [0.717, 1.165) is 0 Å². The van der Waals surface area contributed by atoms with Crippen LogP contribution >= 0.6 is 23.2 Å². The number of halogens is 2. The van der Waals surface area contributed by atoms with E-state index in [1.165, 1.54) is 43.3 Å². The van der Waals surface area contributed by atoms with Crippen molar-refractivity contribution in [1.82, 2.24) is 0 Å². The number of ether oxygens (including phenoxy) is 1. The molecule has 2 aromatic carbocycles. The van der Waals surface area contributed by atoms with Gasteiger partial charge in [0.05, 0.1) is 15.0 Å². The van der Waals surface area contributed by atoms with E-state index in [1.807, 2.05) is 0 Å². The average molecular weight is 383 g/mol. The maximum atomic E-state index is 12.0. The zero-order chi connectivity index (χ0) is 18.6. The number of hydrogen-bond acceptors (Lipinski definition) is 5. The number of nitrogens with zero attached hydrogens (tertiary/aromatic N) is 1. The molecule has 0 fully saturated rings. The Bertz CT molecular complexity index is 854. The number of para-hydroxylation sites is 1. The van der Waals surface area contributed by atoms with Gasteiger partial charge in [0.25, 0.3) is 11.6 Å². The molecule has 0 aliphatic rings. The fourth-order valence-electron chi connectivity index (χ4n) is 2.05. The second kappa shape index (κ2) is 7.96. The first-order valence-corrected chi connectivity index (χ1v) is 7.71. The molecule has 0 atom stereocenters. The van der Waals surface area contributed by atoms with Crippen molar-refractivity contribution in [2.24, 2.45) is 0 Å². The predicted octanol–water partition coefficient (Wildman–Crippen LogP) is 4.01. The number of rotatable bonds is 5. The van der Waals surface area contributed by atoms with Crippen LogP contribution in [0.1, 0.15) is 15.9 Å². The fraction of sp³-hybridized carbons (Fsp3) is 0.125. The van der Waals surface area contributed by atoms with Crippen LogP contribution in [0.25, 0.3) is 0 Å². The number of nitro groups is 1. The van der Waals surface area contributed by atoms with Crippen LogP contribution in [0, 0.1) is 17.0 Å². The minimum Gasteiger partial charge on any atom is -0.452 e. The van der Waals surface area contributed by atoms with Crippen molar-refractivity contribution >= 4 is 46.5 Å². The van der Waals surface area contributed by atoms with Crippen LogP contribution in [-0.2, 0) is 9.53 Å². The number of hydrogen-bond donors (Lipinski definition) is 1. The minimum atomic E-state index is -0.959. The Morgan fingerprint density at radius 3 is 2.56 bits per heavy atom. The number of nitro benzene ring substituents is 1. The lowest BCUT2D eigenvalue weighted by Gasteiger charge is -2.08. The van der Waals surface area contributed by atoms with Crippen LogP contribution in [0.4, 0.5) is 11.4 Å². The molecule has 1 amide bonds. The first-order chi connectivity index (χ1) is 11.8. The van der Waals surface area contributed by atoms with Crippen molar-refractivity contribution in [1.29, 1.82) is 0 Å². The van der Waals surface area contributed by atoms with Gasteiger partial charge in [0.15, 0.2) is 6.61 Å². The highest BCUT2D eigenvalue weighted by Crippen LogP contribution is 2.25. The van der Waals surface area contributed by atoms with Gasteiger partial charge in [0, 0.05) is 11.3 Å². The first-order valence-electron chi connectivity index (χ1n) is 6.95. The topological polar surface area (TPSA) is 98.5 Å². The highest BCUT2D eigenvalue weighted by Gasteiger charge is 2.24. The summed E-state index contributed by atoms with van der Waals surface area (Å²) in [5.74, 6) is -1.58. The Morgan fingerprint density at radius 1 is 1.20 bits per heavy atom. The lowest BCUT2D eigenvalue weighted by atomic mass is 10.1. The van der Waals surface area contributed by atoms with E-state index < -0.39 is 23.4 Å². The van der Waals surface area contributed by atoms with Crippen molar-refractivity contribution in [3.63, 3.8) is 0 Å². The highest BCUT2D eigenvalue weighted by atomic mass is 35.5. The number of nitrogens with one attached hydrogen (secondary N) is 1. The Hall–Kier alpha value is -2.64. The summed E-state index contributed by atoms with van der Waals surface area (Å²) in [7, 11) is 0. The molecule has 0 bridgehead atoms. The Morgan fingerprint density at radius 2 is 1.92 bits per heavy atom. The molecule has 2 aromatic rings. The number of carbonyl (C=O) groups excluding carboxylic acids is 2. The number of amides is 1. The van der Waals surface area contributed by atoms with Gasteiger partial charge in [-0.1, -0.05) is 35.3 Å². The summed E-state index contributed by atoms with van der Waals surface area (Å²) in [6.07, 6.45) is 0. The van der Waals surface area contributed by atoms with E-state index in [-0.39, 0.29) is 16.3 Å². The molecule has 0 heterocycles. The summed E-state index contributed by atoms with van der Waals surface area (Å²) in [6.45, 7) is 0.899. The van der Waals surface area contributed by atoms with E-state index in [9.17, 15) is 19.7 Å². The maximum absolute atomic E-state index is 12.0. The van der Waals surface area contributed by atoms with Crippen LogP contribution in [0.15, 0.2) is 36.4 Å². The Kier molecular flexibility index (Phi) is 5.95. The van der Waals surface area contributed by atoms with Gasteiger partial charge in [-0.2, -0.15) is 0 Å². The van der Waals surface area contributed by atoms with E-state index in [4.69, 9.17) is 27.9 Å². The molecule has 0 unspecified atom stereocenters. The van der Waals surface area contributed by atoms with Gasteiger partial charge in [-0.15, -0.1) is 0 Å². The van der Waals surface area contributed by atoms with Crippen molar-refractivity contribution in [2.45, 2.75) is 6.92 Å². The fourth-order valence-corrected chi connectivity index (χ4v) is 2.34. The molecule has 9 heteroatoms. The van der Waals surface area contributed by atoms with Gasteiger partial charge in [-0.25, -0.2) is 4.79 Å². The number of benzene rings is 2. The molecule has 0 saturated heterocycles. The monoisotopic (exact) mass is 382 g/mol. The van der Waals surface area contributed by atoms with Crippen LogP contribution in [0.3, 0.4) is 0 Å². The zero-order valence-corrected chi connectivity index (χ0v) is 14.4. The van der Waals surface area contributed by atoms with E-state index in [0.29, 0.717) is 16.3 Å². The summed E-state index contributed by atoms with van der Waals surface area (Å²) in [5, 5.41) is 14.1. The van der Waals surface area contributed by atoms with Crippen LogP contribution in [-0.4, -0.2) is 23.4 Å². The van der Waals surface area contributed by atoms with Crippen molar-refractivity contribution in [2.75, 3.05) is 11.9 Å². The van der Waals surface area contributed by atoms with Gasteiger partial charge in [-0.05, 0) is 31.2 Å². The van der Waals surface area contributed by atoms with Gasteiger partial charge in [0.2, 0.25) is 0 Å². The molecule has 0 aromatic heterocycles. The molecular weight excluding hydrogens is 371 g/mol. The van der Waals surface area contributed by atoms with Gasteiger partial charge in [-0.3, -0.25) is 14.9 Å². The summed E-state index contributed by atoms with van der Waals surface area (Å²) in [4.78, 5) is 34.3. The SMILES string of the molecule is Cc1cccc(C(=O)OCC(=O)Nc2ccc(Cl)c(Cl)c2)c1[N+](=O)[O-]. The lowest BCUT2D eigenvalue weighted by molar-refractivity contribution is -0.385. The third kappa shape index (κ3) is 4.68. The van der Waals surface area contributed by atoms with Crippen molar-refractivity contribution < 1.29 is 19.2 Å². The molecule has 0 spiro atoms. The highest BCUT2D eigenvalue weighted by molar-refractivity contribution is 6.42. The number of carbonyl (C=O) groups is 2. The van der Waals surface area contributed by atoms with E-state index in [1.54, 1.807) is 0 Å². The van der Waals surface area contributed by atoms with Crippen molar-refractivity contribution in [3.8, 4) is 0 Å². The third-order valence-electron chi connectivity index (χ3n) is 3.18. The molecule has 1 N–H and O–H groups in total. The normalized spacial score (nSPS) is 10.2. The van der Waals surface area contributed by atoms with E-state index >= 15 is 0 Å². The summed E-state index contributed by atoms with van der Waals surface area (Å²) >= 11 is 11.6. The summed E-state index contributed by atoms with van der Waals surface area (Å²) in [6, 6.07) is 8.74. The Labute approximate surface area is 152 Å². The second-order valence-electron chi connectivity index (χ2n) is 4.98. The molecule has 7 nitrogen and oxygen atoms in total. The minimum absolute atomic E-state index is 0.215. The average Bonchev–Trinajstić information content (AvgIpc) is 2.55. The first kappa shape index (κ1) is 18.7. The largest absolute Gasteiger partial charge is 0.452 e. The standard InChI is InChI=1S/C16H12Cl2N2O5/c1-9-3-2-4-11(15(9)20(23)24)16(22)25-8-14(21)19-10-5-6-12(17)13(18)7-10/h2-7H,8H2,1H3,(H,19,21). The van der Waals surface area contributed by atoms with Gasteiger partial charge >= 0.3 is 5.97 Å². The smallest absolute Gasteiger partial charge is 0.345 e. The molecule has 25 heavy (non-hydrogen) atoms. The van der Waals surface area contributed by atoms with Gasteiger partial charge < -0.3 is 10.1 Å². The van der Waals surface area contributed by atoms with Crippen LogP contribution < -0.4 is 5.32 Å². The molecule has 0 radical (unpaired) electrons. The van der Waals surface area contributed by atoms with E-state index in [2.05, 4.69) is 5.32 Å². The molecular formula is C16H12Cl2N2O5. The molecule has 130 valence electrons. The summed E-state index contributed by atoms with van der Waals surface area (Å²) in [5.41, 5.74) is 0.126. The number of aryl methyl sites for hydroxylation is 1. The molecule has 0 saturated carbocycles. The third-order valence-corrected chi connectivity index (χ3v) is 3.92. The quantitative estimate of drug-likeness (QED) is 0.478. The second-order valence-corrected chi connectivity index (χ2v) is 5.80. The zero-order valence-electron chi connectivity index (χ0n) is 12.9. The molecule has 0 aliphatic heterocycles. The maximum Gasteiger partial charge on any atom is 0.345 e. The van der Waals surface area contributed by atoms with Gasteiger partial charge in [0.1, 0.15) is 5.56 Å². The van der Waals surface area contributed by atoms with Crippen LogP contribution in [0.2, 0.25) is 10.0 Å². The Balaban J connectivity index is 2.02. The number of anilines is 1. The summed E-state index contributed by atoms with van der Waals surface area (Å²) < 4.78 is 4.85. The predicted molar refractivity (Wildman–Crippen MR) is 93.2 cm³/mol. The van der Waals surface area contributed by atoms with Crippen LogP contribution in [0.5, 0.6) is 0 Å².